The van der Waals surface area contributed by atoms with E-state index in [0.717, 1.165) is 5.56 Å². The zero-order valence-electron chi connectivity index (χ0n) is 13.6. The van der Waals surface area contributed by atoms with Crippen LogP contribution < -0.4 is 5.32 Å². The SMILES string of the molecule is CCCN1C(=O)c2ccc(C(=O)Nc3cccc(C)c3)cc2C1=O. The van der Waals surface area contributed by atoms with Crippen LogP contribution in [0.25, 0.3) is 0 Å². The maximum absolute atomic E-state index is 12.4. The predicted molar refractivity (Wildman–Crippen MR) is 91.2 cm³/mol. The van der Waals surface area contributed by atoms with E-state index in [0.29, 0.717) is 35.3 Å². The number of nitrogens with zero attached hydrogens (tertiary/aromatic N) is 1. The number of amides is 3. The molecular formula is C19H18N2O3. The third-order valence-electron chi connectivity index (χ3n) is 3.96. The van der Waals surface area contributed by atoms with Crippen molar-refractivity contribution in [2.24, 2.45) is 0 Å². The lowest BCUT2D eigenvalue weighted by molar-refractivity contribution is 0.0654. The van der Waals surface area contributed by atoms with Crippen molar-refractivity contribution in [1.29, 1.82) is 0 Å². The maximum Gasteiger partial charge on any atom is 0.261 e. The van der Waals surface area contributed by atoms with E-state index in [1.165, 1.54) is 11.0 Å². The summed E-state index contributed by atoms with van der Waals surface area (Å²) in [5.74, 6) is -0.929. The average molecular weight is 322 g/mol. The normalized spacial score (nSPS) is 13.2. The number of rotatable bonds is 4. The van der Waals surface area contributed by atoms with Crippen molar-refractivity contribution in [1.82, 2.24) is 4.90 Å². The molecule has 0 spiro atoms. The molecule has 5 nitrogen and oxygen atoms in total. The number of anilines is 1. The topological polar surface area (TPSA) is 66.5 Å². The summed E-state index contributed by atoms with van der Waals surface area (Å²) in [6.07, 6.45) is 0.701. The fourth-order valence-electron chi connectivity index (χ4n) is 2.78. The van der Waals surface area contributed by atoms with E-state index in [1.54, 1.807) is 18.2 Å². The van der Waals surface area contributed by atoms with Crippen LogP contribution in [0.3, 0.4) is 0 Å². The van der Waals surface area contributed by atoms with Gasteiger partial charge in [0.2, 0.25) is 0 Å². The minimum absolute atomic E-state index is 0.289. The fourth-order valence-corrected chi connectivity index (χ4v) is 2.78. The van der Waals surface area contributed by atoms with Crippen LogP contribution in [0.4, 0.5) is 5.69 Å². The van der Waals surface area contributed by atoms with Crippen molar-refractivity contribution in [2.45, 2.75) is 20.3 Å². The Labute approximate surface area is 140 Å². The summed E-state index contributed by atoms with van der Waals surface area (Å²) >= 11 is 0. The van der Waals surface area contributed by atoms with Gasteiger partial charge in [-0.05, 0) is 49.2 Å². The van der Waals surface area contributed by atoms with Gasteiger partial charge in [0.05, 0.1) is 11.1 Å². The first-order valence-corrected chi connectivity index (χ1v) is 7.89. The van der Waals surface area contributed by atoms with Gasteiger partial charge in [0.25, 0.3) is 17.7 Å². The number of hydrogen-bond acceptors (Lipinski definition) is 3. The van der Waals surface area contributed by atoms with Gasteiger partial charge in [0.15, 0.2) is 0 Å². The van der Waals surface area contributed by atoms with Crippen LogP contribution in [-0.4, -0.2) is 29.2 Å². The van der Waals surface area contributed by atoms with Gasteiger partial charge in [-0.1, -0.05) is 19.1 Å². The molecule has 3 amide bonds. The van der Waals surface area contributed by atoms with Crippen molar-refractivity contribution in [2.75, 3.05) is 11.9 Å². The van der Waals surface area contributed by atoms with E-state index in [9.17, 15) is 14.4 Å². The highest BCUT2D eigenvalue weighted by atomic mass is 16.2. The molecule has 0 bridgehead atoms. The Morgan fingerprint density at radius 2 is 1.79 bits per heavy atom. The molecule has 0 saturated heterocycles. The molecule has 122 valence electrons. The van der Waals surface area contributed by atoms with Crippen molar-refractivity contribution < 1.29 is 14.4 Å². The van der Waals surface area contributed by atoms with Gasteiger partial charge in [0.1, 0.15) is 0 Å². The van der Waals surface area contributed by atoms with Crippen LogP contribution in [0.1, 0.15) is 50.0 Å². The highest BCUT2D eigenvalue weighted by Gasteiger charge is 2.35. The minimum atomic E-state index is -0.331. The van der Waals surface area contributed by atoms with Crippen molar-refractivity contribution >= 4 is 23.4 Å². The second kappa shape index (κ2) is 6.28. The molecule has 0 aliphatic carbocycles. The molecule has 0 aromatic heterocycles. The van der Waals surface area contributed by atoms with Gasteiger partial charge in [-0.25, -0.2) is 0 Å². The molecule has 3 rings (SSSR count). The Kier molecular flexibility index (Phi) is 4.16. The summed E-state index contributed by atoms with van der Waals surface area (Å²) in [7, 11) is 0. The standard InChI is InChI=1S/C19H18N2O3/c1-3-9-21-18(23)15-8-7-13(11-16(15)19(21)24)17(22)20-14-6-4-5-12(2)10-14/h4-8,10-11H,3,9H2,1-2H3,(H,20,22). The molecule has 2 aromatic carbocycles. The number of fused-ring (bicyclic) bond motifs is 1. The van der Waals surface area contributed by atoms with Gasteiger partial charge < -0.3 is 5.32 Å². The van der Waals surface area contributed by atoms with E-state index in [4.69, 9.17) is 0 Å². The summed E-state index contributed by atoms with van der Waals surface area (Å²) in [6, 6.07) is 12.1. The lowest BCUT2D eigenvalue weighted by Gasteiger charge is -2.11. The van der Waals surface area contributed by atoms with Crippen molar-refractivity contribution in [3.8, 4) is 0 Å². The lowest BCUT2D eigenvalue weighted by atomic mass is 10.1. The summed E-state index contributed by atoms with van der Waals surface area (Å²) in [5, 5.41) is 2.80. The van der Waals surface area contributed by atoms with Gasteiger partial charge in [-0.15, -0.1) is 0 Å². The highest BCUT2D eigenvalue weighted by molar-refractivity contribution is 6.22. The first kappa shape index (κ1) is 15.9. The van der Waals surface area contributed by atoms with E-state index in [1.807, 2.05) is 32.0 Å². The monoisotopic (exact) mass is 322 g/mol. The number of carbonyl (C=O) groups is 3. The molecule has 0 unspecified atom stereocenters. The smallest absolute Gasteiger partial charge is 0.261 e. The van der Waals surface area contributed by atoms with Gasteiger partial charge in [-0.3, -0.25) is 19.3 Å². The first-order valence-electron chi connectivity index (χ1n) is 7.89. The van der Waals surface area contributed by atoms with Gasteiger partial charge in [0, 0.05) is 17.8 Å². The first-order chi connectivity index (χ1) is 11.5. The predicted octanol–water partition coefficient (Wildman–Crippen LogP) is 3.25. The number of benzene rings is 2. The van der Waals surface area contributed by atoms with Crippen LogP contribution in [-0.2, 0) is 0 Å². The number of hydrogen-bond donors (Lipinski definition) is 1. The van der Waals surface area contributed by atoms with Crippen LogP contribution in [0, 0.1) is 6.92 Å². The molecule has 1 heterocycles. The molecule has 0 atom stereocenters. The number of imide groups is 1. The summed E-state index contributed by atoms with van der Waals surface area (Å²) in [4.78, 5) is 38.2. The molecule has 24 heavy (non-hydrogen) atoms. The number of carbonyl (C=O) groups excluding carboxylic acids is 3. The van der Waals surface area contributed by atoms with E-state index >= 15 is 0 Å². The highest BCUT2D eigenvalue weighted by Crippen LogP contribution is 2.24. The van der Waals surface area contributed by atoms with Crippen LogP contribution in [0.5, 0.6) is 0 Å². The van der Waals surface area contributed by atoms with E-state index < -0.39 is 0 Å². The molecular weight excluding hydrogens is 304 g/mol. The third-order valence-corrected chi connectivity index (χ3v) is 3.96. The quantitative estimate of drug-likeness (QED) is 0.879. The Bertz CT molecular complexity index is 842. The van der Waals surface area contributed by atoms with Crippen molar-refractivity contribution in [3.05, 3.63) is 64.7 Å². The zero-order valence-corrected chi connectivity index (χ0v) is 13.6. The lowest BCUT2D eigenvalue weighted by Crippen LogP contribution is -2.30. The van der Waals surface area contributed by atoms with Crippen molar-refractivity contribution in [3.63, 3.8) is 0 Å². The molecule has 2 aromatic rings. The maximum atomic E-state index is 12.4. The Balaban J connectivity index is 1.86. The second-order valence-corrected chi connectivity index (χ2v) is 5.85. The Morgan fingerprint density at radius 1 is 1.04 bits per heavy atom. The molecule has 0 fully saturated rings. The summed E-state index contributed by atoms with van der Waals surface area (Å²) < 4.78 is 0. The Morgan fingerprint density at radius 3 is 2.50 bits per heavy atom. The molecule has 1 N–H and O–H groups in total. The number of aryl methyl sites for hydroxylation is 1. The second-order valence-electron chi connectivity index (χ2n) is 5.85. The van der Waals surface area contributed by atoms with Crippen LogP contribution in [0.15, 0.2) is 42.5 Å². The largest absolute Gasteiger partial charge is 0.322 e. The Hall–Kier alpha value is -2.95. The van der Waals surface area contributed by atoms with Crippen LogP contribution >= 0.6 is 0 Å². The summed E-state index contributed by atoms with van der Waals surface area (Å²) in [6.45, 7) is 4.24. The van der Waals surface area contributed by atoms with Gasteiger partial charge in [-0.2, -0.15) is 0 Å². The van der Waals surface area contributed by atoms with E-state index in [-0.39, 0.29) is 17.7 Å². The average Bonchev–Trinajstić information content (AvgIpc) is 2.80. The fraction of sp³-hybridized carbons (Fsp3) is 0.211. The van der Waals surface area contributed by atoms with Crippen LogP contribution in [0.2, 0.25) is 0 Å². The molecule has 1 aliphatic heterocycles. The molecule has 0 radical (unpaired) electrons. The molecule has 5 heteroatoms. The molecule has 0 saturated carbocycles. The number of nitrogens with one attached hydrogen (secondary N) is 1. The van der Waals surface area contributed by atoms with Gasteiger partial charge >= 0.3 is 0 Å². The van der Waals surface area contributed by atoms with E-state index in [2.05, 4.69) is 5.32 Å². The minimum Gasteiger partial charge on any atom is -0.322 e. The third kappa shape index (κ3) is 2.80. The zero-order chi connectivity index (χ0) is 17.3. The molecule has 1 aliphatic rings. The summed E-state index contributed by atoms with van der Waals surface area (Å²) in [5.41, 5.74) is 2.74.